The zero-order valence-corrected chi connectivity index (χ0v) is 20.6. The lowest BCUT2D eigenvalue weighted by atomic mass is 9.76. The standard InChI is InChI=1S/C27H32N2O6/c1-6-16-9-8-10-17(7-2)22(16)29-24(32)19-20(25(29)33)27(15(5)30,26(34)35)28-21(19)18-11-13(3)23(31)14(4)12-18/h8-12,15,19-21,28,30-31H,6-7H2,1-5H3,(H,34,35). The van der Waals surface area contributed by atoms with Crippen LogP contribution in [0.4, 0.5) is 5.69 Å². The van der Waals surface area contributed by atoms with Gasteiger partial charge in [-0.25, -0.2) is 4.90 Å². The van der Waals surface area contributed by atoms with E-state index in [9.17, 15) is 29.7 Å². The summed E-state index contributed by atoms with van der Waals surface area (Å²) < 4.78 is 0. The largest absolute Gasteiger partial charge is 0.507 e. The summed E-state index contributed by atoms with van der Waals surface area (Å²) in [6.07, 6.45) is -0.275. The summed E-state index contributed by atoms with van der Waals surface area (Å²) in [5.74, 6) is -4.72. The number of aromatic hydroxyl groups is 1. The van der Waals surface area contributed by atoms with E-state index < -0.39 is 47.3 Å². The molecule has 5 atom stereocenters. The maximum atomic E-state index is 14.0. The molecule has 8 heteroatoms. The molecule has 2 aromatic rings. The number of aryl methyl sites for hydroxylation is 4. The van der Waals surface area contributed by atoms with Gasteiger partial charge in [-0.05, 0) is 61.4 Å². The van der Waals surface area contributed by atoms with Crippen LogP contribution >= 0.6 is 0 Å². The number of fused-ring (bicyclic) bond motifs is 1. The first kappa shape index (κ1) is 24.9. The van der Waals surface area contributed by atoms with Gasteiger partial charge in [-0.1, -0.05) is 44.2 Å². The Morgan fingerprint density at radius 1 is 1.09 bits per heavy atom. The molecule has 35 heavy (non-hydrogen) atoms. The summed E-state index contributed by atoms with van der Waals surface area (Å²) in [5.41, 5.74) is 1.84. The highest BCUT2D eigenvalue weighted by atomic mass is 16.4. The van der Waals surface area contributed by atoms with Crippen molar-refractivity contribution in [1.82, 2.24) is 5.32 Å². The van der Waals surface area contributed by atoms with Gasteiger partial charge in [0, 0.05) is 6.04 Å². The zero-order chi connectivity index (χ0) is 25.8. The quantitative estimate of drug-likeness (QED) is 0.468. The first-order valence-corrected chi connectivity index (χ1v) is 12.0. The van der Waals surface area contributed by atoms with Crippen molar-refractivity contribution in [3.8, 4) is 5.75 Å². The lowest BCUT2D eigenvalue weighted by Gasteiger charge is -2.34. The molecule has 2 fully saturated rings. The van der Waals surface area contributed by atoms with Crippen LogP contribution in [0, 0.1) is 25.7 Å². The third kappa shape index (κ3) is 3.46. The maximum absolute atomic E-state index is 14.0. The van der Waals surface area contributed by atoms with Gasteiger partial charge in [0.05, 0.1) is 23.6 Å². The normalized spacial score (nSPS) is 26.8. The van der Waals surface area contributed by atoms with E-state index in [1.807, 2.05) is 32.0 Å². The smallest absolute Gasteiger partial charge is 0.327 e. The fourth-order valence-corrected chi connectivity index (χ4v) is 5.88. The fraction of sp³-hybridized carbons (Fsp3) is 0.444. The molecule has 186 valence electrons. The molecule has 2 amide bonds. The van der Waals surface area contributed by atoms with E-state index in [2.05, 4.69) is 5.32 Å². The molecular formula is C27H32N2O6. The van der Waals surface area contributed by atoms with Gasteiger partial charge in [0.1, 0.15) is 5.75 Å². The Labute approximate surface area is 204 Å². The van der Waals surface area contributed by atoms with Crippen LogP contribution in [0.2, 0.25) is 0 Å². The Bertz CT molecular complexity index is 1180. The summed E-state index contributed by atoms with van der Waals surface area (Å²) in [4.78, 5) is 41.8. The number of aliphatic hydroxyl groups is 1. The predicted octanol–water partition coefficient (Wildman–Crippen LogP) is 2.79. The van der Waals surface area contributed by atoms with Crippen LogP contribution in [-0.2, 0) is 27.2 Å². The molecule has 2 saturated heterocycles. The van der Waals surface area contributed by atoms with Crippen molar-refractivity contribution in [1.29, 1.82) is 0 Å². The van der Waals surface area contributed by atoms with Crippen molar-refractivity contribution in [2.45, 2.75) is 65.1 Å². The Morgan fingerprint density at radius 3 is 2.09 bits per heavy atom. The molecule has 0 bridgehead atoms. The molecule has 2 aliphatic heterocycles. The highest BCUT2D eigenvalue weighted by Crippen LogP contribution is 2.52. The van der Waals surface area contributed by atoms with E-state index in [1.54, 1.807) is 26.0 Å². The molecule has 4 N–H and O–H groups in total. The fourth-order valence-electron chi connectivity index (χ4n) is 5.88. The van der Waals surface area contributed by atoms with Crippen molar-refractivity contribution < 1.29 is 29.7 Å². The summed E-state index contributed by atoms with van der Waals surface area (Å²) in [7, 11) is 0. The molecule has 5 unspecified atom stereocenters. The van der Waals surface area contributed by atoms with Gasteiger partial charge in [0.25, 0.3) is 0 Å². The second-order valence-electron chi connectivity index (χ2n) is 9.62. The van der Waals surface area contributed by atoms with E-state index in [-0.39, 0.29) is 5.75 Å². The van der Waals surface area contributed by atoms with Gasteiger partial charge in [0.15, 0.2) is 5.54 Å². The molecule has 0 aliphatic carbocycles. The molecule has 2 aromatic carbocycles. The summed E-state index contributed by atoms with van der Waals surface area (Å²) in [6.45, 7) is 8.64. The number of nitrogens with zero attached hydrogens (tertiary/aromatic N) is 1. The number of phenolic OH excluding ortho intramolecular Hbond substituents is 1. The lowest BCUT2D eigenvalue weighted by Crippen LogP contribution is -2.62. The summed E-state index contributed by atoms with van der Waals surface area (Å²) in [6, 6.07) is 8.15. The number of nitrogens with one attached hydrogen (secondary N) is 1. The van der Waals surface area contributed by atoms with Gasteiger partial charge >= 0.3 is 5.97 Å². The number of amides is 2. The summed E-state index contributed by atoms with van der Waals surface area (Å²) >= 11 is 0. The number of para-hydroxylation sites is 1. The number of carbonyl (C=O) groups is 3. The van der Waals surface area contributed by atoms with Crippen LogP contribution in [0.5, 0.6) is 5.75 Å². The number of aliphatic hydroxyl groups excluding tert-OH is 1. The average molecular weight is 481 g/mol. The average Bonchev–Trinajstić information content (AvgIpc) is 3.31. The minimum atomic E-state index is -2.05. The highest BCUT2D eigenvalue weighted by Gasteiger charge is 2.70. The topological polar surface area (TPSA) is 127 Å². The van der Waals surface area contributed by atoms with E-state index in [0.29, 0.717) is 35.2 Å². The van der Waals surface area contributed by atoms with Crippen LogP contribution in [0.15, 0.2) is 30.3 Å². The van der Waals surface area contributed by atoms with Gasteiger partial charge in [-0.3, -0.25) is 19.7 Å². The van der Waals surface area contributed by atoms with E-state index in [0.717, 1.165) is 16.0 Å². The Hall–Kier alpha value is -3.23. The van der Waals surface area contributed by atoms with Crippen LogP contribution in [-0.4, -0.2) is 44.7 Å². The molecular weight excluding hydrogens is 448 g/mol. The second-order valence-corrected chi connectivity index (χ2v) is 9.62. The van der Waals surface area contributed by atoms with Crippen LogP contribution in [0.3, 0.4) is 0 Å². The SMILES string of the molecule is CCc1cccc(CC)c1N1C(=O)C2C(c3cc(C)c(O)c(C)c3)NC(C(=O)O)(C(C)O)C2C1=O. The van der Waals surface area contributed by atoms with Crippen molar-refractivity contribution in [2.24, 2.45) is 11.8 Å². The van der Waals surface area contributed by atoms with Gasteiger partial charge in [-0.2, -0.15) is 0 Å². The van der Waals surface area contributed by atoms with E-state index in [4.69, 9.17) is 0 Å². The molecule has 2 aliphatic rings. The monoisotopic (exact) mass is 480 g/mol. The van der Waals surface area contributed by atoms with E-state index >= 15 is 0 Å². The predicted molar refractivity (Wildman–Crippen MR) is 130 cm³/mol. The van der Waals surface area contributed by atoms with Crippen molar-refractivity contribution in [3.63, 3.8) is 0 Å². The lowest BCUT2D eigenvalue weighted by molar-refractivity contribution is -0.154. The Morgan fingerprint density at radius 2 is 1.63 bits per heavy atom. The molecule has 2 heterocycles. The first-order valence-electron chi connectivity index (χ1n) is 12.0. The number of carbonyl (C=O) groups excluding carboxylic acids is 2. The minimum absolute atomic E-state index is 0.114. The number of carboxylic acids is 1. The first-order chi connectivity index (χ1) is 16.5. The summed E-state index contributed by atoms with van der Waals surface area (Å²) in [5, 5.41) is 34.3. The van der Waals surface area contributed by atoms with Crippen LogP contribution < -0.4 is 10.2 Å². The van der Waals surface area contributed by atoms with Gasteiger partial charge < -0.3 is 15.3 Å². The number of imide groups is 1. The van der Waals surface area contributed by atoms with Crippen molar-refractivity contribution >= 4 is 23.5 Å². The second kappa shape index (κ2) is 8.77. The maximum Gasteiger partial charge on any atom is 0.327 e. The van der Waals surface area contributed by atoms with Gasteiger partial charge in [-0.15, -0.1) is 0 Å². The number of benzene rings is 2. The van der Waals surface area contributed by atoms with Gasteiger partial charge in [0.2, 0.25) is 11.8 Å². The number of hydrogen-bond acceptors (Lipinski definition) is 6. The third-order valence-corrected chi connectivity index (χ3v) is 7.67. The number of rotatable bonds is 6. The number of hydrogen-bond donors (Lipinski definition) is 4. The van der Waals surface area contributed by atoms with Crippen LogP contribution in [0.25, 0.3) is 0 Å². The highest BCUT2D eigenvalue weighted by molar-refractivity contribution is 6.25. The Kier molecular flexibility index (Phi) is 6.23. The molecule has 0 aromatic heterocycles. The Balaban J connectivity index is 1.96. The van der Waals surface area contributed by atoms with Crippen LogP contribution in [0.1, 0.15) is 54.6 Å². The minimum Gasteiger partial charge on any atom is -0.507 e. The molecule has 8 nitrogen and oxygen atoms in total. The number of aliphatic carboxylic acids is 1. The van der Waals surface area contributed by atoms with Crippen molar-refractivity contribution in [2.75, 3.05) is 4.90 Å². The third-order valence-electron chi connectivity index (χ3n) is 7.67. The number of carboxylic acid groups (broad SMARTS) is 1. The molecule has 0 saturated carbocycles. The van der Waals surface area contributed by atoms with Crippen molar-refractivity contribution in [3.05, 3.63) is 58.1 Å². The molecule has 4 rings (SSSR count). The number of anilines is 1. The van der Waals surface area contributed by atoms with E-state index in [1.165, 1.54) is 6.92 Å². The zero-order valence-electron chi connectivity index (χ0n) is 20.6. The molecule has 0 spiro atoms. The number of phenols is 1. The molecule has 0 radical (unpaired) electrons.